The van der Waals surface area contributed by atoms with E-state index in [9.17, 15) is 4.79 Å². The van der Waals surface area contributed by atoms with Crippen LogP contribution in [0.3, 0.4) is 0 Å². The van der Waals surface area contributed by atoms with Crippen molar-refractivity contribution in [2.75, 3.05) is 38.0 Å². The van der Waals surface area contributed by atoms with Gasteiger partial charge in [-0.2, -0.15) is 0 Å². The number of anilines is 1. The molecule has 0 radical (unpaired) electrons. The van der Waals surface area contributed by atoms with Crippen LogP contribution in [0.4, 0.5) is 5.69 Å². The average Bonchev–Trinajstić information content (AvgIpc) is 3.30. The molecule has 0 saturated carbocycles. The highest BCUT2D eigenvalue weighted by Crippen LogP contribution is 2.24. The molecule has 1 aliphatic carbocycles. The zero-order valence-corrected chi connectivity index (χ0v) is 18.6. The first-order valence-corrected chi connectivity index (χ1v) is 12.0. The van der Waals surface area contributed by atoms with E-state index < -0.39 is 0 Å². The number of rotatable bonds is 6. The molecule has 1 aliphatic heterocycles. The van der Waals surface area contributed by atoms with Crippen LogP contribution in [0.2, 0.25) is 0 Å². The van der Waals surface area contributed by atoms with E-state index in [0.29, 0.717) is 12.6 Å². The van der Waals surface area contributed by atoms with Crippen LogP contribution in [0.15, 0.2) is 78.9 Å². The predicted molar refractivity (Wildman–Crippen MR) is 128 cm³/mol. The van der Waals surface area contributed by atoms with E-state index in [2.05, 4.69) is 84.2 Å². The number of nitrogens with one attached hydrogen (secondary N) is 3. The number of carbonyl (C=O) groups is 1. The topological polar surface area (TPSA) is 38.0 Å². The summed E-state index contributed by atoms with van der Waals surface area (Å²) in [6, 6.07) is 28.4. The van der Waals surface area contributed by atoms with Crippen molar-refractivity contribution < 1.29 is 14.6 Å². The summed E-state index contributed by atoms with van der Waals surface area (Å²) in [4.78, 5) is 15.7. The molecule has 1 fully saturated rings. The molecule has 4 heteroatoms. The number of aryl methyl sites for hydroxylation is 2. The summed E-state index contributed by atoms with van der Waals surface area (Å²) in [5, 5.41) is 3.14. The SMILES string of the molecule is O=C(C[NH+]1CC[NH+](C(c2ccccc2)c2ccccc2)CC1)Nc1ccc2c(c1)CCC2. The minimum absolute atomic E-state index is 0.129. The van der Waals surface area contributed by atoms with Crippen molar-refractivity contribution in [2.45, 2.75) is 25.3 Å². The molecule has 0 unspecified atom stereocenters. The van der Waals surface area contributed by atoms with Gasteiger partial charge in [-0.15, -0.1) is 0 Å². The second kappa shape index (κ2) is 9.68. The Kier molecular flexibility index (Phi) is 6.33. The fourth-order valence-corrected chi connectivity index (χ4v) is 5.43. The zero-order chi connectivity index (χ0) is 21.8. The molecule has 4 nitrogen and oxygen atoms in total. The molecule has 1 saturated heterocycles. The Balaban J connectivity index is 1.20. The van der Waals surface area contributed by atoms with Crippen molar-refractivity contribution >= 4 is 11.6 Å². The molecule has 3 N–H and O–H groups in total. The highest BCUT2D eigenvalue weighted by molar-refractivity contribution is 5.91. The van der Waals surface area contributed by atoms with Crippen LogP contribution >= 0.6 is 0 Å². The molecule has 3 aromatic carbocycles. The lowest BCUT2D eigenvalue weighted by molar-refractivity contribution is -1.02. The van der Waals surface area contributed by atoms with Gasteiger partial charge in [0.1, 0.15) is 32.2 Å². The Morgan fingerprint density at radius 1 is 0.781 bits per heavy atom. The number of piperazine rings is 1. The van der Waals surface area contributed by atoms with Crippen LogP contribution in [0.25, 0.3) is 0 Å². The van der Waals surface area contributed by atoms with Crippen molar-refractivity contribution in [3.63, 3.8) is 0 Å². The van der Waals surface area contributed by atoms with Gasteiger partial charge in [0.2, 0.25) is 0 Å². The van der Waals surface area contributed by atoms with E-state index in [-0.39, 0.29) is 5.91 Å². The Morgan fingerprint density at radius 2 is 1.41 bits per heavy atom. The third kappa shape index (κ3) is 4.77. The van der Waals surface area contributed by atoms with Crippen LogP contribution in [-0.2, 0) is 17.6 Å². The molecule has 0 spiro atoms. The lowest BCUT2D eigenvalue weighted by Gasteiger charge is -2.35. The predicted octanol–water partition coefficient (Wildman–Crippen LogP) is 1.69. The molecular weight excluding hydrogens is 394 g/mol. The highest BCUT2D eigenvalue weighted by Gasteiger charge is 2.32. The zero-order valence-electron chi connectivity index (χ0n) is 18.6. The van der Waals surface area contributed by atoms with E-state index in [1.807, 2.05) is 0 Å². The summed E-state index contributed by atoms with van der Waals surface area (Å²) >= 11 is 0. The molecule has 0 aromatic heterocycles. The lowest BCUT2D eigenvalue weighted by atomic mass is 9.96. The minimum Gasteiger partial charge on any atom is -0.321 e. The van der Waals surface area contributed by atoms with E-state index in [0.717, 1.165) is 38.3 Å². The highest BCUT2D eigenvalue weighted by atomic mass is 16.2. The largest absolute Gasteiger partial charge is 0.321 e. The number of amides is 1. The minimum atomic E-state index is 0.129. The smallest absolute Gasteiger partial charge is 0.279 e. The summed E-state index contributed by atoms with van der Waals surface area (Å²) in [6.07, 6.45) is 3.54. The van der Waals surface area contributed by atoms with E-state index in [4.69, 9.17) is 0 Å². The van der Waals surface area contributed by atoms with Crippen molar-refractivity contribution in [3.8, 4) is 0 Å². The van der Waals surface area contributed by atoms with E-state index in [1.54, 1.807) is 4.90 Å². The number of benzene rings is 3. The van der Waals surface area contributed by atoms with Gasteiger partial charge in [-0.3, -0.25) is 4.79 Å². The van der Waals surface area contributed by atoms with E-state index >= 15 is 0 Å². The van der Waals surface area contributed by atoms with Crippen molar-refractivity contribution in [2.24, 2.45) is 0 Å². The number of hydrogen-bond donors (Lipinski definition) is 3. The van der Waals surface area contributed by atoms with Gasteiger partial charge >= 0.3 is 0 Å². The van der Waals surface area contributed by atoms with Crippen LogP contribution in [0, 0.1) is 0 Å². The van der Waals surface area contributed by atoms with Gasteiger partial charge in [0, 0.05) is 16.8 Å². The summed E-state index contributed by atoms with van der Waals surface area (Å²) in [5.41, 5.74) is 6.53. The van der Waals surface area contributed by atoms with Gasteiger partial charge < -0.3 is 15.1 Å². The van der Waals surface area contributed by atoms with Crippen molar-refractivity contribution in [3.05, 3.63) is 101 Å². The second-order valence-corrected chi connectivity index (χ2v) is 9.22. The van der Waals surface area contributed by atoms with Crippen LogP contribution in [0.1, 0.15) is 34.7 Å². The first kappa shape index (κ1) is 20.9. The van der Waals surface area contributed by atoms with Gasteiger partial charge in [0.25, 0.3) is 5.91 Å². The molecule has 2 aliphatic rings. The molecule has 1 amide bonds. The second-order valence-electron chi connectivity index (χ2n) is 9.22. The summed E-state index contributed by atoms with van der Waals surface area (Å²) in [6.45, 7) is 4.71. The summed E-state index contributed by atoms with van der Waals surface area (Å²) in [7, 11) is 0. The van der Waals surface area contributed by atoms with Crippen LogP contribution in [-0.4, -0.2) is 38.6 Å². The molecule has 0 atom stereocenters. The van der Waals surface area contributed by atoms with E-state index in [1.165, 1.54) is 40.0 Å². The summed E-state index contributed by atoms with van der Waals surface area (Å²) in [5.74, 6) is 0.129. The third-order valence-electron chi connectivity index (χ3n) is 7.07. The number of hydrogen-bond acceptors (Lipinski definition) is 1. The van der Waals surface area contributed by atoms with Gasteiger partial charge in [-0.25, -0.2) is 0 Å². The Hall–Kier alpha value is -2.95. The van der Waals surface area contributed by atoms with Gasteiger partial charge in [-0.05, 0) is 42.5 Å². The number of fused-ring (bicyclic) bond motifs is 1. The molecule has 1 heterocycles. The Morgan fingerprint density at radius 3 is 2.06 bits per heavy atom. The number of quaternary nitrogens is 2. The maximum absolute atomic E-state index is 12.7. The first-order chi connectivity index (χ1) is 15.8. The first-order valence-electron chi connectivity index (χ1n) is 12.0. The van der Waals surface area contributed by atoms with Crippen LogP contribution < -0.4 is 15.1 Å². The molecule has 5 rings (SSSR count). The van der Waals surface area contributed by atoms with Gasteiger partial charge in [0.05, 0.1) is 0 Å². The van der Waals surface area contributed by atoms with Crippen molar-refractivity contribution in [1.82, 2.24) is 0 Å². The Bertz CT molecular complexity index is 1000. The maximum Gasteiger partial charge on any atom is 0.279 e. The fourth-order valence-electron chi connectivity index (χ4n) is 5.43. The summed E-state index contributed by atoms with van der Waals surface area (Å²) < 4.78 is 0. The molecule has 0 bridgehead atoms. The molecular formula is C28H33N3O+2. The normalized spacial score (nSPS) is 20.2. The quantitative estimate of drug-likeness (QED) is 0.550. The fraction of sp³-hybridized carbons (Fsp3) is 0.321. The third-order valence-corrected chi connectivity index (χ3v) is 7.07. The molecule has 164 valence electrons. The van der Waals surface area contributed by atoms with Crippen LogP contribution in [0.5, 0.6) is 0 Å². The van der Waals surface area contributed by atoms with Gasteiger partial charge in [0.15, 0.2) is 6.54 Å². The monoisotopic (exact) mass is 427 g/mol. The maximum atomic E-state index is 12.7. The molecule has 3 aromatic rings. The lowest BCUT2D eigenvalue weighted by Crippen LogP contribution is -3.28. The average molecular weight is 428 g/mol. The number of carbonyl (C=O) groups excluding carboxylic acids is 1. The Labute approximate surface area is 190 Å². The molecule has 32 heavy (non-hydrogen) atoms. The van der Waals surface area contributed by atoms with Gasteiger partial charge in [-0.1, -0.05) is 66.7 Å². The van der Waals surface area contributed by atoms with Crippen molar-refractivity contribution in [1.29, 1.82) is 0 Å². The standard InChI is InChI=1S/C28H31N3O/c32-27(29-26-15-14-22-12-7-13-25(22)20-26)21-30-16-18-31(19-17-30)28(23-8-3-1-4-9-23)24-10-5-2-6-11-24/h1-6,8-11,14-15,20,28H,7,12-13,16-19,21H2,(H,29,32)/p+2.